The van der Waals surface area contributed by atoms with E-state index in [9.17, 15) is 19.7 Å². The lowest BCUT2D eigenvalue weighted by Crippen LogP contribution is -2.07. The van der Waals surface area contributed by atoms with Crippen molar-refractivity contribution in [3.05, 3.63) is 57.8 Å². The first kappa shape index (κ1) is 27.1. The molecule has 8 nitrogen and oxygen atoms in total. The number of carbonyl (C=O) groups is 2. The Hall–Kier alpha value is -2.94. The van der Waals surface area contributed by atoms with Crippen molar-refractivity contribution in [2.24, 2.45) is 0 Å². The van der Waals surface area contributed by atoms with Gasteiger partial charge in [-0.15, -0.1) is 0 Å². The van der Waals surface area contributed by atoms with Crippen LogP contribution in [0.1, 0.15) is 62.3 Å². The van der Waals surface area contributed by atoms with Gasteiger partial charge in [0.15, 0.2) is 5.03 Å². The van der Waals surface area contributed by atoms with Crippen molar-refractivity contribution in [3.63, 3.8) is 0 Å². The molecule has 0 amide bonds. The van der Waals surface area contributed by atoms with Gasteiger partial charge in [-0.05, 0) is 26.0 Å². The van der Waals surface area contributed by atoms with E-state index in [-0.39, 0.29) is 35.1 Å². The molecule has 0 spiro atoms. The van der Waals surface area contributed by atoms with Gasteiger partial charge in [-0.3, -0.25) is 10.1 Å². The smallest absolute Gasteiger partial charge is 0.339 e. The Morgan fingerprint density at radius 1 is 1.03 bits per heavy atom. The summed E-state index contributed by atoms with van der Waals surface area (Å²) in [4.78, 5) is 39.0. The van der Waals surface area contributed by atoms with Crippen molar-refractivity contribution in [3.8, 4) is 0 Å². The molecular weight excluding hydrogens is 408 g/mol. The molecule has 0 saturated heterocycles. The molecule has 0 aliphatic heterocycles. The van der Waals surface area contributed by atoms with Crippen LogP contribution >= 0.6 is 11.8 Å². The summed E-state index contributed by atoms with van der Waals surface area (Å²) < 4.78 is 9.82. The zero-order valence-electron chi connectivity index (χ0n) is 18.1. The molecule has 0 bridgehead atoms. The number of hydrogen-bond acceptors (Lipinski definition) is 8. The van der Waals surface area contributed by atoms with Crippen LogP contribution < -0.4 is 0 Å². The summed E-state index contributed by atoms with van der Waals surface area (Å²) in [6.07, 6.45) is 1.21. The summed E-state index contributed by atoms with van der Waals surface area (Å²) >= 11 is 0.951. The molecule has 1 aromatic heterocycles. The average Bonchev–Trinajstić information content (AvgIpc) is 2.77. The Bertz CT molecular complexity index is 842. The van der Waals surface area contributed by atoms with Crippen molar-refractivity contribution >= 4 is 29.4 Å². The van der Waals surface area contributed by atoms with Gasteiger partial charge in [0, 0.05) is 17.2 Å². The highest BCUT2D eigenvalue weighted by atomic mass is 32.2. The minimum atomic E-state index is -0.688. The van der Waals surface area contributed by atoms with Crippen LogP contribution in [0.2, 0.25) is 0 Å². The first-order chi connectivity index (χ1) is 14.5. The van der Waals surface area contributed by atoms with E-state index < -0.39 is 16.9 Å². The van der Waals surface area contributed by atoms with Gasteiger partial charge in [0.1, 0.15) is 0 Å². The highest BCUT2D eigenvalue weighted by Gasteiger charge is 2.22. The predicted octanol–water partition coefficient (Wildman–Crippen LogP) is 5.55. The van der Waals surface area contributed by atoms with Crippen LogP contribution in [0.4, 0.5) is 5.69 Å². The molecule has 0 aliphatic rings. The molecule has 9 heteroatoms. The molecule has 0 atom stereocenters. The highest BCUT2D eigenvalue weighted by molar-refractivity contribution is 7.99. The quantitative estimate of drug-likeness (QED) is 0.316. The molecular formula is C21H28N2O6S. The molecule has 164 valence electrons. The standard InChI is InChI=1S/C17H16N2O6S.2C2H6/c1-3-24-16(20)11-9-13(19(22)23)15(18-10-11)26-14-8-6-5-7-12(14)17(21)25-4-2;2*1-2/h5-10H,3-4H2,1-2H3;2*1-2H3. The number of nitro groups is 1. The minimum absolute atomic E-state index is 0.0124. The number of esters is 2. The number of nitrogens with zero attached hydrogens (tertiary/aromatic N) is 2. The van der Waals surface area contributed by atoms with Crippen molar-refractivity contribution in [1.82, 2.24) is 4.98 Å². The maximum absolute atomic E-state index is 12.0. The van der Waals surface area contributed by atoms with E-state index in [1.807, 2.05) is 27.7 Å². The van der Waals surface area contributed by atoms with Gasteiger partial charge in [0.25, 0.3) is 0 Å². The van der Waals surface area contributed by atoms with Crippen molar-refractivity contribution in [2.45, 2.75) is 51.5 Å². The Balaban J connectivity index is 0.00000198. The highest BCUT2D eigenvalue weighted by Crippen LogP contribution is 2.35. The first-order valence-corrected chi connectivity index (χ1v) is 10.5. The molecule has 0 N–H and O–H groups in total. The number of benzene rings is 1. The van der Waals surface area contributed by atoms with Crippen LogP contribution in [0.25, 0.3) is 0 Å². The second kappa shape index (κ2) is 15.0. The van der Waals surface area contributed by atoms with Crippen LogP contribution in [0.15, 0.2) is 46.5 Å². The van der Waals surface area contributed by atoms with E-state index >= 15 is 0 Å². The normalized spacial score (nSPS) is 9.27. The van der Waals surface area contributed by atoms with Crippen LogP contribution in [-0.4, -0.2) is 35.1 Å². The fourth-order valence-electron chi connectivity index (χ4n) is 2.01. The molecule has 2 rings (SSSR count). The largest absolute Gasteiger partial charge is 0.462 e. The summed E-state index contributed by atoms with van der Waals surface area (Å²) in [6.45, 7) is 11.7. The molecule has 2 aromatic rings. The van der Waals surface area contributed by atoms with E-state index in [1.54, 1.807) is 38.1 Å². The fourth-order valence-corrected chi connectivity index (χ4v) is 2.97. The van der Waals surface area contributed by atoms with Gasteiger partial charge in [-0.25, -0.2) is 14.6 Å². The van der Waals surface area contributed by atoms with Gasteiger partial charge in [-0.1, -0.05) is 51.6 Å². The molecule has 0 unspecified atom stereocenters. The summed E-state index contributed by atoms with van der Waals surface area (Å²) in [6, 6.07) is 7.69. The maximum Gasteiger partial charge on any atom is 0.339 e. The van der Waals surface area contributed by atoms with Gasteiger partial charge in [0.05, 0.1) is 29.3 Å². The molecule has 0 radical (unpaired) electrons. The van der Waals surface area contributed by atoms with E-state index in [1.165, 1.54) is 6.20 Å². The van der Waals surface area contributed by atoms with Crippen LogP contribution in [-0.2, 0) is 9.47 Å². The molecule has 0 fully saturated rings. The lowest BCUT2D eigenvalue weighted by molar-refractivity contribution is -0.388. The monoisotopic (exact) mass is 436 g/mol. The Morgan fingerprint density at radius 2 is 1.60 bits per heavy atom. The summed E-state index contributed by atoms with van der Waals surface area (Å²) in [7, 11) is 0. The summed E-state index contributed by atoms with van der Waals surface area (Å²) in [5.41, 5.74) is -0.0780. The molecule has 30 heavy (non-hydrogen) atoms. The minimum Gasteiger partial charge on any atom is -0.462 e. The molecule has 0 saturated carbocycles. The number of pyridine rings is 1. The van der Waals surface area contributed by atoms with Gasteiger partial charge in [-0.2, -0.15) is 0 Å². The third-order valence-corrected chi connectivity index (χ3v) is 4.21. The van der Waals surface area contributed by atoms with Crippen LogP contribution in [0.5, 0.6) is 0 Å². The zero-order chi connectivity index (χ0) is 23.1. The molecule has 1 heterocycles. The second-order valence-electron chi connectivity index (χ2n) is 4.84. The third kappa shape index (κ3) is 7.82. The van der Waals surface area contributed by atoms with Gasteiger partial charge >= 0.3 is 17.6 Å². The van der Waals surface area contributed by atoms with E-state index in [2.05, 4.69) is 4.98 Å². The Morgan fingerprint density at radius 3 is 2.17 bits per heavy atom. The fraction of sp³-hybridized carbons (Fsp3) is 0.381. The maximum atomic E-state index is 12.0. The van der Waals surface area contributed by atoms with Crippen molar-refractivity contribution in [1.29, 1.82) is 0 Å². The summed E-state index contributed by atoms with van der Waals surface area (Å²) in [5.74, 6) is -1.21. The lowest BCUT2D eigenvalue weighted by atomic mass is 10.2. The summed E-state index contributed by atoms with van der Waals surface area (Å²) in [5, 5.41) is 11.4. The van der Waals surface area contributed by atoms with Crippen molar-refractivity contribution in [2.75, 3.05) is 13.2 Å². The van der Waals surface area contributed by atoms with Gasteiger partial charge < -0.3 is 9.47 Å². The van der Waals surface area contributed by atoms with E-state index in [4.69, 9.17) is 9.47 Å². The SMILES string of the molecule is CC.CC.CCOC(=O)c1cnc(Sc2ccccc2C(=O)OCC)c([N+](=O)[O-])c1. The number of rotatable bonds is 7. The number of aromatic nitrogens is 1. The lowest BCUT2D eigenvalue weighted by Gasteiger charge is -2.09. The van der Waals surface area contributed by atoms with E-state index in [0.29, 0.717) is 4.90 Å². The van der Waals surface area contributed by atoms with Crippen molar-refractivity contribution < 1.29 is 24.0 Å². The zero-order valence-corrected chi connectivity index (χ0v) is 18.9. The predicted molar refractivity (Wildman–Crippen MR) is 116 cm³/mol. The van der Waals surface area contributed by atoms with Crippen LogP contribution in [0.3, 0.4) is 0 Å². The number of carbonyl (C=O) groups excluding carboxylic acids is 2. The second-order valence-corrected chi connectivity index (χ2v) is 5.88. The Labute approximate surface area is 181 Å². The Kier molecular flexibility index (Phi) is 13.5. The molecule has 1 aromatic carbocycles. The average molecular weight is 437 g/mol. The third-order valence-electron chi connectivity index (χ3n) is 3.13. The van der Waals surface area contributed by atoms with E-state index in [0.717, 1.165) is 17.8 Å². The topological polar surface area (TPSA) is 109 Å². The number of hydrogen-bond donors (Lipinski definition) is 0. The van der Waals surface area contributed by atoms with Gasteiger partial charge in [0.2, 0.25) is 0 Å². The van der Waals surface area contributed by atoms with Crippen LogP contribution in [0, 0.1) is 10.1 Å². The molecule has 0 aliphatic carbocycles. The first-order valence-electron chi connectivity index (χ1n) is 9.73. The number of ether oxygens (including phenoxy) is 2.